The van der Waals surface area contributed by atoms with Crippen molar-refractivity contribution in [2.75, 3.05) is 32.4 Å². The highest BCUT2D eigenvalue weighted by atomic mass is 32.2. The fraction of sp³-hybridized carbons (Fsp3) is 0.562. The molecule has 0 amide bonds. The maximum absolute atomic E-state index is 13.5. The molecule has 0 bridgehead atoms. The average Bonchev–Trinajstić information content (AvgIpc) is 2.59. The van der Waals surface area contributed by atoms with E-state index in [1.165, 1.54) is 6.07 Å². The predicted octanol–water partition coefficient (Wildman–Crippen LogP) is 1.09. The molecule has 0 aliphatic rings. The van der Waals surface area contributed by atoms with Gasteiger partial charge in [0.25, 0.3) is 0 Å². The zero-order chi connectivity index (χ0) is 18.7. The molecule has 0 aliphatic heterocycles. The normalized spacial score (nSPS) is 13.4. The summed E-state index contributed by atoms with van der Waals surface area (Å²) in [6.45, 7) is 4.79. The molecule has 0 spiro atoms. The number of ether oxygens (including phenoxy) is 1. The van der Waals surface area contributed by atoms with Gasteiger partial charge in [0, 0.05) is 20.1 Å². The quantitative estimate of drug-likeness (QED) is 0.324. The minimum absolute atomic E-state index is 0.0730. The summed E-state index contributed by atoms with van der Waals surface area (Å²) in [4.78, 5) is 4.07. The van der Waals surface area contributed by atoms with Crippen molar-refractivity contribution in [3.8, 4) is 5.75 Å². The van der Waals surface area contributed by atoms with Crippen molar-refractivity contribution in [3.63, 3.8) is 0 Å². The van der Waals surface area contributed by atoms with Gasteiger partial charge in [-0.1, -0.05) is 12.1 Å². The number of hydrogen-bond acceptors (Lipinski definition) is 4. The minimum Gasteiger partial charge on any atom is -0.486 e. The van der Waals surface area contributed by atoms with Gasteiger partial charge >= 0.3 is 0 Å². The number of para-hydroxylation sites is 1. The second kappa shape index (κ2) is 10.9. The lowest BCUT2D eigenvalue weighted by Gasteiger charge is -2.18. The molecule has 1 unspecified atom stereocenters. The number of nitrogens with zero attached hydrogens (tertiary/aromatic N) is 1. The number of halogens is 1. The third kappa shape index (κ3) is 8.69. The van der Waals surface area contributed by atoms with Crippen LogP contribution in [0, 0.1) is 5.82 Å². The number of guanidine groups is 1. The molecule has 9 heteroatoms. The van der Waals surface area contributed by atoms with Crippen LogP contribution in [0.3, 0.4) is 0 Å². The van der Waals surface area contributed by atoms with Crippen LogP contribution in [0.1, 0.15) is 20.3 Å². The number of nitrogens with one attached hydrogen (secondary N) is 3. The largest absolute Gasteiger partial charge is 0.486 e. The van der Waals surface area contributed by atoms with Crippen molar-refractivity contribution in [2.45, 2.75) is 26.4 Å². The molecule has 142 valence electrons. The summed E-state index contributed by atoms with van der Waals surface area (Å²) in [5, 5.41) is 6.16. The van der Waals surface area contributed by atoms with Crippen LogP contribution in [0.2, 0.25) is 0 Å². The first-order valence-corrected chi connectivity index (χ1v) is 9.86. The Labute approximate surface area is 149 Å². The van der Waals surface area contributed by atoms with Crippen molar-refractivity contribution in [1.29, 1.82) is 0 Å². The van der Waals surface area contributed by atoms with E-state index in [1.807, 2.05) is 6.92 Å². The molecule has 1 aromatic carbocycles. The Balaban J connectivity index is 2.26. The zero-order valence-electron chi connectivity index (χ0n) is 14.9. The highest BCUT2D eigenvalue weighted by Crippen LogP contribution is 2.16. The summed E-state index contributed by atoms with van der Waals surface area (Å²) in [6, 6.07) is 6.25. The van der Waals surface area contributed by atoms with E-state index < -0.39 is 15.8 Å². The van der Waals surface area contributed by atoms with Crippen molar-refractivity contribution in [2.24, 2.45) is 4.99 Å². The summed E-state index contributed by atoms with van der Waals surface area (Å²) in [5.74, 6) is 0.459. The van der Waals surface area contributed by atoms with Crippen molar-refractivity contribution >= 4 is 16.0 Å². The third-order valence-corrected chi connectivity index (χ3v) is 4.70. The van der Waals surface area contributed by atoms with Crippen LogP contribution in [-0.2, 0) is 10.0 Å². The van der Waals surface area contributed by atoms with Gasteiger partial charge in [-0.3, -0.25) is 4.99 Å². The van der Waals surface area contributed by atoms with Crippen LogP contribution in [0.5, 0.6) is 5.75 Å². The van der Waals surface area contributed by atoms with Crippen LogP contribution in [0.4, 0.5) is 4.39 Å². The molecule has 0 saturated carbocycles. The molecule has 1 aromatic rings. The molecular weight excluding hydrogens is 347 g/mol. The number of hydrogen-bond donors (Lipinski definition) is 3. The van der Waals surface area contributed by atoms with Gasteiger partial charge in [-0.25, -0.2) is 17.5 Å². The van der Waals surface area contributed by atoms with E-state index in [0.29, 0.717) is 32.0 Å². The molecule has 7 nitrogen and oxygen atoms in total. The molecule has 0 aliphatic carbocycles. The van der Waals surface area contributed by atoms with Crippen molar-refractivity contribution in [1.82, 2.24) is 15.4 Å². The summed E-state index contributed by atoms with van der Waals surface area (Å²) in [7, 11) is -1.51. The third-order valence-electron chi connectivity index (χ3n) is 3.29. The monoisotopic (exact) mass is 374 g/mol. The first-order valence-electron chi connectivity index (χ1n) is 8.21. The van der Waals surface area contributed by atoms with Crippen LogP contribution in [-0.4, -0.2) is 52.9 Å². The summed E-state index contributed by atoms with van der Waals surface area (Å²) >= 11 is 0. The lowest BCUT2D eigenvalue weighted by atomic mass is 10.3. The second-order valence-corrected chi connectivity index (χ2v) is 7.49. The van der Waals surface area contributed by atoms with Crippen LogP contribution in [0.15, 0.2) is 29.3 Å². The smallest absolute Gasteiger partial charge is 0.211 e. The van der Waals surface area contributed by atoms with E-state index in [9.17, 15) is 12.8 Å². The van der Waals surface area contributed by atoms with E-state index in [1.54, 1.807) is 32.2 Å². The van der Waals surface area contributed by atoms with Gasteiger partial charge in [0.2, 0.25) is 10.0 Å². The number of sulfonamides is 1. The van der Waals surface area contributed by atoms with Gasteiger partial charge in [-0.05, 0) is 32.4 Å². The van der Waals surface area contributed by atoms with Gasteiger partial charge in [0.1, 0.15) is 6.10 Å². The minimum atomic E-state index is -3.15. The Morgan fingerprint density at radius 2 is 2.00 bits per heavy atom. The molecule has 0 radical (unpaired) electrons. The molecule has 3 N–H and O–H groups in total. The maximum atomic E-state index is 13.5. The van der Waals surface area contributed by atoms with Gasteiger partial charge in [0.15, 0.2) is 17.5 Å². The summed E-state index contributed by atoms with van der Waals surface area (Å²) in [5.41, 5.74) is 0. The highest BCUT2D eigenvalue weighted by Gasteiger charge is 2.09. The van der Waals surface area contributed by atoms with E-state index in [4.69, 9.17) is 4.74 Å². The van der Waals surface area contributed by atoms with E-state index in [0.717, 1.165) is 0 Å². The Hall–Kier alpha value is -1.87. The SMILES string of the molecule is CCS(=O)(=O)NCCCNC(=NC)NCC(C)Oc1ccccc1F. The van der Waals surface area contributed by atoms with E-state index in [-0.39, 0.29) is 17.6 Å². The standard InChI is InChI=1S/C16H27FN4O3S/c1-4-25(22,23)21-11-7-10-19-16(18-3)20-12-13(2)24-15-9-6-5-8-14(15)17/h5-6,8-9,13,21H,4,7,10-12H2,1-3H3,(H2,18,19,20). The Morgan fingerprint density at radius 3 is 2.64 bits per heavy atom. The second-order valence-electron chi connectivity index (χ2n) is 5.39. The average molecular weight is 374 g/mol. The first-order chi connectivity index (χ1) is 11.9. The summed E-state index contributed by atoms with van der Waals surface area (Å²) in [6.07, 6.45) is 0.369. The number of benzene rings is 1. The van der Waals surface area contributed by atoms with Crippen LogP contribution < -0.4 is 20.1 Å². The molecule has 0 saturated heterocycles. The molecule has 0 fully saturated rings. The first kappa shape index (κ1) is 21.2. The van der Waals surface area contributed by atoms with Crippen molar-refractivity contribution < 1.29 is 17.5 Å². The Kier molecular flexibility index (Phi) is 9.22. The van der Waals surface area contributed by atoms with E-state index >= 15 is 0 Å². The van der Waals surface area contributed by atoms with Gasteiger partial charge in [-0.15, -0.1) is 0 Å². The van der Waals surface area contributed by atoms with Crippen LogP contribution in [0.25, 0.3) is 0 Å². The fourth-order valence-electron chi connectivity index (χ4n) is 1.88. The highest BCUT2D eigenvalue weighted by molar-refractivity contribution is 7.89. The molecule has 25 heavy (non-hydrogen) atoms. The lowest BCUT2D eigenvalue weighted by molar-refractivity contribution is 0.214. The van der Waals surface area contributed by atoms with Crippen molar-refractivity contribution in [3.05, 3.63) is 30.1 Å². The fourth-order valence-corrected chi connectivity index (χ4v) is 2.54. The van der Waals surface area contributed by atoms with Gasteiger partial charge in [-0.2, -0.15) is 0 Å². The maximum Gasteiger partial charge on any atom is 0.211 e. The number of aliphatic imine (C=N–C) groups is 1. The topological polar surface area (TPSA) is 91.8 Å². The molecular formula is C16H27FN4O3S. The Morgan fingerprint density at radius 1 is 1.28 bits per heavy atom. The van der Waals surface area contributed by atoms with Gasteiger partial charge < -0.3 is 15.4 Å². The molecule has 0 aromatic heterocycles. The lowest BCUT2D eigenvalue weighted by Crippen LogP contribution is -2.42. The van der Waals surface area contributed by atoms with Gasteiger partial charge in [0.05, 0.1) is 12.3 Å². The predicted molar refractivity (Wildman–Crippen MR) is 97.9 cm³/mol. The molecule has 1 atom stereocenters. The number of rotatable bonds is 10. The Bertz CT molecular complexity index is 653. The molecule has 1 rings (SSSR count). The summed E-state index contributed by atoms with van der Waals surface area (Å²) < 4.78 is 44.2. The molecule has 0 heterocycles. The zero-order valence-corrected chi connectivity index (χ0v) is 15.7. The van der Waals surface area contributed by atoms with Crippen LogP contribution >= 0.6 is 0 Å². The van der Waals surface area contributed by atoms with E-state index in [2.05, 4.69) is 20.3 Å².